The second kappa shape index (κ2) is 7.31. The smallest absolute Gasteiger partial charge is 0.350 e. The molecule has 9 heteroatoms. The van der Waals surface area contributed by atoms with Crippen molar-refractivity contribution in [1.82, 2.24) is 0 Å². The van der Waals surface area contributed by atoms with Gasteiger partial charge in [-0.1, -0.05) is 30.3 Å². The van der Waals surface area contributed by atoms with Crippen LogP contribution in [0.1, 0.15) is 11.1 Å². The third-order valence-electron chi connectivity index (χ3n) is 3.45. The van der Waals surface area contributed by atoms with Gasteiger partial charge in [0.25, 0.3) is 11.6 Å². The first-order valence-electron chi connectivity index (χ1n) is 7.10. The molecule has 0 unspecified atom stereocenters. The maximum atomic E-state index is 14.4. The largest absolute Gasteiger partial charge is 0.396 e. The van der Waals surface area contributed by atoms with Crippen LogP contribution in [0.5, 0.6) is 0 Å². The molecule has 2 N–H and O–H groups in total. The lowest BCUT2D eigenvalue weighted by Crippen LogP contribution is -2.32. The summed E-state index contributed by atoms with van der Waals surface area (Å²) in [6, 6.07) is 7.93. The molecule has 2 aromatic rings. The lowest BCUT2D eigenvalue weighted by Gasteiger charge is -2.17. The zero-order valence-electron chi connectivity index (χ0n) is 12.7. The predicted molar refractivity (Wildman–Crippen MR) is 82.8 cm³/mol. The fourth-order valence-electron chi connectivity index (χ4n) is 2.21. The van der Waals surface area contributed by atoms with Gasteiger partial charge in [-0.3, -0.25) is 14.9 Å². The highest BCUT2D eigenvalue weighted by molar-refractivity contribution is 5.97. The highest BCUT2D eigenvalue weighted by atomic mass is 19.3. The summed E-state index contributed by atoms with van der Waals surface area (Å²) in [6.07, 6.45) is -0.402. The van der Waals surface area contributed by atoms with Gasteiger partial charge < -0.3 is 10.4 Å². The van der Waals surface area contributed by atoms with Gasteiger partial charge in [0.1, 0.15) is 0 Å². The van der Waals surface area contributed by atoms with Crippen molar-refractivity contribution >= 4 is 17.3 Å². The molecular weight excluding hydrogens is 341 g/mol. The summed E-state index contributed by atoms with van der Waals surface area (Å²) in [7, 11) is 0. The number of aliphatic hydroxyl groups excluding tert-OH is 1. The Balaban J connectivity index is 2.35. The third kappa shape index (κ3) is 3.77. The predicted octanol–water partition coefficient (Wildman–Crippen LogP) is 3.00. The summed E-state index contributed by atoms with van der Waals surface area (Å²) in [6.45, 7) is -0.588. The molecule has 0 fully saturated rings. The highest BCUT2D eigenvalue weighted by Gasteiger charge is 2.41. The van der Waals surface area contributed by atoms with E-state index in [1.165, 1.54) is 18.2 Å². The summed E-state index contributed by atoms with van der Waals surface area (Å²) in [4.78, 5) is 21.9. The van der Waals surface area contributed by atoms with Crippen molar-refractivity contribution in [2.24, 2.45) is 0 Å². The van der Waals surface area contributed by atoms with Crippen LogP contribution in [0, 0.1) is 15.9 Å². The standard InChI is InChI=1S/C16H13F3N2O4/c17-14-11(8-9-22)13(21(24)25)7-6-12(14)20-15(23)16(18,19)10-4-2-1-3-5-10/h1-7,22H,8-9H2,(H,20,23). The van der Waals surface area contributed by atoms with E-state index in [0.29, 0.717) is 0 Å². The Morgan fingerprint density at radius 3 is 2.40 bits per heavy atom. The first-order valence-corrected chi connectivity index (χ1v) is 7.10. The van der Waals surface area contributed by atoms with Gasteiger partial charge in [0.15, 0.2) is 5.82 Å². The van der Waals surface area contributed by atoms with Gasteiger partial charge in [0.05, 0.1) is 16.2 Å². The molecule has 0 atom stereocenters. The molecular formula is C16H13F3N2O4. The SMILES string of the molecule is O=C(Nc1ccc([N+](=O)[O-])c(CCO)c1F)C(F)(F)c1ccccc1. The monoisotopic (exact) mass is 354 g/mol. The second-order valence-corrected chi connectivity index (χ2v) is 5.05. The average Bonchev–Trinajstić information content (AvgIpc) is 2.59. The minimum absolute atomic E-state index is 0.402. The summed E-state index contributed by atoms with van der Waals surface area (Å²) < 4.78 is 42.6. The Bertz CT molecular complexity index is 797. The molecule has 0 radical (unpaired) electrons. The fraction of sp³-hybridized carbons (Fsp3) is 0.188. The Morgan fingerprint density at radius 1 is 1.20 bits per heavy atom. The van der Waals surface area contributed by atoms with Crippen molar-refractivity contribution in [2.45, 2.75) is 12.3 Å². The van der Waals surface area contributed by atoms with Crippen LogP contribution in [0.15, 0.2) is 42.5 Å². The van der Waals surface area contributed by atoms with Crippen LogP contribution >= 0.6 is 0 Å². The number of carbonyl (C=O) groups is 1. The van der Waals surface area contributed by atoms with Crippen LogP contribution in [0.25, 0.3) is 0 Å². The molecule has 2 aromatic carbocycles. The van der Waals surface area contributed by atoms with Crippen molar-refractivity contribution in [2.75, 3.05) is 11.9 Å². The Labute approximate surface area is 140 Å². The Hall–Kier alpha value is -2.94. The minimum Gasteiger partial charge on any atom is -0.396 e. The molecule has 132 valence electrons. The molecule has 0 bridgehead atoms. The Kier molecular flexibility index (Phi) is 5.38. The van der Waals surface area contributed by atoms with E-state index in [4.69, 9.17) is 5.11 Å². The van der Waals surface area contributed by atoms with Crippen molar-refractivity contribution < 1.29 is 28.0 Å². The first-order chi connectivity index (χ1) is 11.8. The van der Waals surface area contributed by atoms with Crippen LogP contribution in [0.4, 0.5) is 24.5 Å². The number of aliphatic hydroxyl groups is 1. The quantitative estimate of drug-likeness (QED) is 0.616. The van der Waals surface area contributed by atoms with Crippen LogP contribution in [0.3, 0.4) is 0 Å². The van der Waals surface area contributed by atoms with E-state index in [2.05, 4.69) is 0 Å². The number of amides is 1. The van der Waals surface area contributed by atoms with Gasteiger partial charge in [-0.2, -0.15) is 8.78 Å². The molecule has 0 aliphatic heterocycles. The molecule has 1 amide bonds. The van der Waals surface area contributed by atoms with Crippen molar-refractivity contribution in [3.8, 4) is 0 Å². The molecule has 0 spiro atoms. The normalized spacial score (nSPS) is 11.2. The van der Waals surface area contributed by atoms with E-state index < -0.39 is 58.1 Å². The summed E-state index contributed by atoms with van der Waals surface area (Å²) in [5.74, 6) is -6.94. The maximum absolute atomic E-state index is 14.4. The van der Waals surface area contributed by atoms with E-state index in [9.17, 15) is 28.1 Å². The third-order valence-corrected chi connectivity index (χ3v) is 3.45. The number of nitro groups is 1. The van der Waals surface area contributed by atoms with Gasteiger partial charge in [-0.25, -0.2) is 4.39 Å². The number of hydrogen-bond donors (Lipinski definition) is 2. The van der Waals surface area contributed by atoms with Crippen molar-refractivity contribution in [3.05, 3.63) is 69.5 Å². The van der Waals surface area contributed by atoms with Gasteiger partial charge >= 0.3 is 5.92 Å². The lowest BCUT2D eigenvalue weighted by atomic mass is 10.1. The summed E-state index contributed by atoms with van der Waals surface area (Å²) in [5.41, 5.74) is -2.30. The summed E-state index contributed by atoms with van der Waals surface area (Å²) in [5, 5.41) is 21.5. The van der Waals surface area contributed by atoms with E-state index in [0.717, 1.165) is 24.3 Å². The number of halogens is 3. The van der Waals surface area contributed by atoms with Gasteiger partial charge in [-0.05, 0) is 6.07 Å². The number of nitrogens with zero attached hydrogens (tertiary/aromatic N) is 1. The molecule has 0 heterocycles. The topological polar surface area (TPSA) is 92.5 Å². The van der Waals surface area contributed by atoms with Crippen LogP contribution in [-0.4, -0.2) is 22.5 Å². The number of benzene rings is 2. The van der Waals surface area contributed by atoms with E-state index in [-0.39, 0.29) is 0 Å². The fourth-order valence-corrected chi connectivity index (χ4v) is 2.21. The highest BCUT2D eigenvalue weighted by Crippen LogP contribution is 2.32. The molecule has 0 aliphatic rings. The van der Waals surface area contributed by atoms with Crippen LogP contribution in [-0.2, 0) is 17.1 Å². The van der Waals surface area contributed by atoms with E-state index >= 15 is 0 Å². The number of nitro benzene ring substituents is 1. The molecule has 0 aromatic heterocycles. The number of rotatable bonds is 6. The molecule has 0 saturated carbocycles. The van der Waals surface area contributed by atoms with Crippen LogP contribution < -0.4 is 5.32 Å². The van der Waals surface area contributed by atoms with Crippen LogP contribution in [0.2, 0.25) is 0 Å². The number of alkyl halides is 2. The lowest BCUT2D eigenvalue weighted by molar-refractivity contribution is -0.385. The molecule has 6 nitrogen and oxygen atoms in total. The van der Waals surface area contributed by atoms with E-state index in [1.807, 2.05) is 0 Å². The number of carbonyl (C=O) groups excluding carboxylic acids is 1. The molecule has 0 saturated heterocycles. The molecule has 2 rings (SSSR count). The maximum Gasteiger partial charge on any atom is 0.350 e. The van der Waals surface area contributed by atoms with Crippen molar-refractivity contribution in [3.63, 3.8) is 0 Å². The zero-order valence-corrected chi connectivity index (χ0v) is 12.7. The number of hydrogen-bond acceptors (Lipinski definition) is 4. The number of nitrogens with one attached hydrogen (secondary N) is 1. The number of anilines is 1. The first kappa shape index (κ1) is 18.4. The summed E-state index contributed by atoms with van der Waals surface area (Å²) >= 11 is 0. The van der Waals surface area contributed by atoms with Gasteiger partial charge in [-0.15, -0.1) is 0 Å². The average molecular weight is 354 g/mol. The van der Waals surface area contributed by atoms with E-state index in [1.54, 1.807) is 5.32 Å². The van der Waals surface area contributed by atoms with Gasteiger partial charge in [0.2, 0.25) is 0 Å². The molecule has 25 heavy (non-hydrogen) atoms. The second-order valence-electron chi connectivity index (χ2n) is 5.05. The van der Waals surface area contributed by atoms with Crippen molar-refractivity contribution in [1.29, 1.82) is 0 Å². The minimum atomic E-state index is -3.92. The Morgan fingerprint density at radius 2 is 1.84 bits per heavy atom. The zero-order chi connectivity index (χ0) is 18.6. The molecule has 0 aliphatic carbocycles. The van der Waals surface area contributed by atoms with Gasteiger partial charge in [0, 0.05) is 24.7 Å².